The number of nitrogens with zero attached hydrogens (tertiary/aromatic N) is 3. The summed E-state index contributed by atoms with van der Waals surface area (Å²) in [6.45, 7) is 1.68. The van der Waals surface area contributed by atoms with Crippen LogP contribution in [0.3, 0.4) is 0 Å². The molecule has 1 aliphatic rings. The normalized spacial score (nSPS) is 16.1. The fourth-order valence-corrected chi connectivity index (χ4v) is 4.84. The van der Waals surface area contributed by atoms with Gasteiger partial charge >= 0.3 is 0 Å². The topological polar surface area (TPSA) is 66.7 Å². The van der Waals surface area contributed by atoms with E-state index in [1.165, 1.54) is 10.4 Å². The number of benzene rings is 2. The number of hydrogen-bond donors (Lipinski definition) is 0. The Bertz CT molecular complexity index is 1080. The molecule has 2 heterocycles. The molecule has 1 saturated heterocycles. The van der Waals surface area contributed by atoms with Gasteiger partial charge in [-0.1, -0.05) is 28.9 Å². The largest absolute Gasteiger partial charge is 0.369 e. The first-order chi connectivity index (χ1) is 12.9. The number of anilines is 1. The third kappa shape index (κ3) is 3.65. The van der Waals surface area contributed by atoms with Gasteiger partial charge in [0, 0.05) is 37.3 Å². The Kier molecular flexibility index (Phi) is 4.79. The molecular formula is C18H17ClFN3O3S. The molecule has 9 heteroatoms. The van der Waals surface area contributed by atoms with Crippen LogP contribution in [-0.4, -0.2) is 44.1 Å². The first-order valence-corrected chi connectivity index (χ1v) is 10.4. The predicted octanol–water partition coefficient (Wildman–Crippen LogP) is 3.27. The quantitative estimate of drug-likeness (QED) is 0.661. The van der Waals surface area contributed by atoms with Crippen molar-refractivity contribution in [2.45, 2.75) is 5.75 Å². The Morgan fingerprint density at radius 3 is 2.59 bits per heavy atom. The summed E-state index contributed by atoms with van der Waals surface area (Å²) in [4.78, 5) is 1.99. The van der Waals surface area contributed by atoms with Crippen molar-refractivity contribution < 1.29 is 17.3 Å². The second-order valence-corrected chi connectivity index (χ2v) is 8.74. The Labute approximate surface area is 161 Å². The van der Waals surface area contributed by atoms with E-state index < -0.39 is 15.8 Å². The Hall–Kier alpha value is -2.16. The Morgan fingerprint density at radius 2 is 1.85 bits per heavy atom. The number of piperazine rings is 1. The highest BCUT2D eigenvalue weighted by atomic mass is 35.5. The molecule has 0 unspecified atom stereocenters. The zero-order valence-electron chi connectivity index (χ0n) is 14.3. The lowest BCUT2D eigenvalue weighted by Crippen LogP contribution is -2.49. The molecule has 0 saturated carbocycles. The minimum Gasteiger partial charge on any atom is -0.369 e. The van der Waals surface area contributed by atoms with E-state index in [9.17, 15) is 12.8 Å². The highest BCUT2D eigenvalue weighted by Gasteiger charge is 2.29. The Balaban J connectivity index is 1.46. The molecule has 0 spiro atoms. The van der Waals surface area contributed by atoms with Crippen LogP contribution in [0.5, 0.6) is 0 Å². The van der Waals surface area contributed by atoms with Crippen molar-refractivity contribution in [1.29, 1.82) is 0 Å². The van der Waals surface area contributed by atoms with Crippen molar-refractivity contribution >= 4 is 38.3 Å². The second-order valence-electron chi connectivity index (χ2n) is 6.37. The molecule has 0 amide bonds. The first kappa shape index (κ1) is 18.2. The summed E-state index contributed by atoms with van der Waals surface area (Å²) in [6, 6.07) is 11.7. The smallest absolute Gasteiger partial charge is 0.220 e. The summed E-state index contributed by atoms with van der Waals surface area (Å²) >= 11 is 5.84. The molecule has 0 bridgehead atoms. The van der Waals surface area contributed by atoms with Crippen molar-refractivity contribution in [2.75, 3.05) is 31.1 Å². The highest BCUT2D eigenvalue weighted by Crippen LogP contribution is 2.25. The maximum atomic E-state index is 13.3. The molecule has 1 fully saturated rings. The van der Waals surface area contributed by atoms with E-state index >= 15 is 0 Å². The van der Waals surface area contributed by atoms with Crippen LogP contribution >= 0.6 is 11.6 Å². The van der Waals surface area contributed by atoms with Crippen LogP contribution < -0.4 is 4.90 Å². The molecule has 0 N–H and O–H groups in total. The fourth-order valence-electron chi connectivity index (χ4n) is 3.21. The molecule has 0 radical (unpaired) electrons. The summed E-state index contributed by atoms with van der Waals surface area (Å²) in [5.74, 6) is -0.673. The molecule has 142 valence electrons. The number of halogens is 2. The van der Waals surface area contributed by atoms with E-state index in [2.05, 4.69) is 5.16 Å². The number of para-hydroxylation sites is 1. The third-order valence-corrected chi connectivity index (χ3v) is 6.75. The van der Waals surface area contributed by atoms with E-state index in [1.807, 2.05) is 17.0 Å². The minimum atomic E-state index is -3.52. The molecule has 3 aromatic rings. The molecule has 1 aromatic heterocycles. The monoisotopic (exact) mass is 409 g/mol. The van der Waals surface area contributed by atoms with Crippen molar-refractivity contribution in [2.24, 2.45) is 0 Å². The van der Waals surface area contributed by atoms with Crippen molar-refractivity contribution in [3.05, 3.63) is 59.0 Å². The van der Waals surface area contributed by atoms with Crippen molar-refractivity contribution in [1.82, 2.24) is 9.46 Å². The average Bonchev–Trinajstić information content (AvgIpc) is 3.07. The van der Waals surface area contributed by atoms with Gasteiger partial charge in [0.05, 0.1) is 5.02 Å². The number of sulfonamides is 1. The molecule has 27 heavy (non-hydrogen) atoms. The van der Waals surface area contributed by atoms with Gasteiger partial charge in [0.1, 0.15) is 17.3 Å². The van der Waals surface area contributed by atoms with E-state index in [0.717, 1.165) is 5.69 Å². The van der Waals surface area contributed by atoms with E-state index in [-0.39, 0.29) is 10.8 Å². The SMILES string of the molecule is O=S(=O)(Cc1noc2ccccc12)N1CCN(c2ccc(F)c(Cl)c2)CC1. The summed E-state index contributed by atoms with van der Waals surface area (Å²) < 4.78 is 45.6. The number of aromatic nitrogens is 1. The van der Waals surface area contributed by atoms with Crippen LogP contribution in [0, 0.1) is 5.82 Å². The van der Waals surface area contributed by atoms with Gasteiger partial charge in [-0.15, -0.1) is 0 Å². The van der Waals surface area contributed by atoms with E-state index in [1.54, 1.807) is 24.3 Å². The van der Waals surface area contributed by atoms with Gasteiger partial charge in [-0.3, -0.25) is 0 Å². The van der Waals surface area contributed by atoms with Crippen LogP contribution in [0.4, 0.5) is 10.1 Å². The van der Waals surface area contributed by atoms with Gasteiger partial charge in [-0.25, -0.2) is 12.8 Å². The predicted molar refractivity (Wildman–Crippen MR) is 102 cm³/mol. The molecule has 6 nitrogen and oxygen atoms in total. The summed E-state index contributed by atoms with van der Waals surface area (Å²) in [5, 5.41) is 4.68. The van der Waals surface area contributed by atoms with Gasteiger partial charge in [0.25, 0.3) is 0 Å². The maximum absolute atomic E-state index is 13.3. The van der Waals surface area contributed by atoms with Gasteiger partial charge in [0.15, 0.2) is 5.58 Å². The first-order valence-electron chi connectivity index (χ1n) is 8.45. The van der Waals surface area contributed by atoms with Gasteiger partial charge < -0.3 is 9.42 Å². The van der Waals surface area contributed by atoms with Crippen LogP contribution in [0.2, 0.25) is 5.02 Å². The molecule has 0 atom stereocenters. The lowest BCUT2D eigenvalue weighted by atomic mass is 10.2. The summed E-state index contributed by atoms with van der Waals surface area (Å²) in [7, 11) is -3.52. The van der Waals surface area contributed by atoms with Crippen LogP contribution in [0.15, 0.2) is 47.0 Å². The van der Waals surface area contributed by atoms with Gasteiger partial charge in [-0.05, 0) is 30.3 Å². The maximum Gasteiger partial charge on any atom is 0.220 e. The molecule has 0 aliphatic carbocycles. The minimum absolute atomic E-state index is 0.0560. The second kappa shape index (κ2) is 7.10. The number of hydrogen-bond acceptors (Lipinski definition) is 5. The lowest BCUT2D eigenvalue weighted by molar-refractivity contribution is 0.383. The van der Waals surface area contributed by atoms with Crippen molar-refractivity contribution in [3.63, 3.8) is 0 Å². The summed E-state index contributed by atoms with van der Waals surface area (Å²) in [6.07, 6.45) is 0. The number of fused-ring (bicyclic) bond motifs is 1. The highest BCUT2D eigenvalue weighted by molar-refractivity contribution is 7.88. The van der Waals surface area contributed by atoms with Gasteiger partial charge in [-0.2, -0.15) is 4.31 Å². The van der Waals surface area contributed by atoms with Crippen LogP contribution in [0.1, 0.15) is 5.69 Å². The van der Waals surface area contributed by atoms with Crippen molar-refractivity contribution in [3.8, 4) is 0 Å². The lowest BCUT2D eigenvalue weighted by Gasteiger charge is -2.35. The van der Waals surface area contributed by atoms with E-state index in [0.29, 0.717) is 42.8 Å². The standard InChI is InChI=1S/C18H17ClFN3O3S/c19-15-11-13(5-6-16(15)20)22-7-9-23(10-8-22)27(24,25)12-17-14-3-1-2-4-18(14)26-21-17/h1-6,11H,7-10,12H2. The number of rotatable bonds is 4. The third-order valence-electron chi connectivity index (χ3n) is 4.67. The van der Waals surface area contributed by atoms with Gasteiger partial charge in [0.2, 0.25) is 10.0 Å². The summed E-state index contributed by atoms with van der Waals surface area (Å²) in [5.41, 5.74) is 1.76. The van der Waals surface area contributed by atoms with E-state index in [4.69, 9.17) is 16.1 Å². The zero-order chi connectivity index (χ0) is 19.0. The average molecular weight is 410 g/mol. The zero-order valence-corrected chi connectivity index (χ0v) is 15.9. The molecule has 1 aliphatic heterocycles. The molecule has 2 aromatic carbocycles. The molecule has 4 rings (SSSR count). The fraction of sp³-hybridized carbons (Fsp3) is 0.278. The van der Waals surface area contributed by atoms with Crippen LogP contribution in [0.25, 0.3) is 11.0 Å². The van der Waals surface area contributed by atoms with Crippen LogP contribution in [-0.2, 0) is 15.8 Å². The molecular weight excluding hydrogens is 393 g/mol. The Morgan fingerprint density at radius 1 is 1.11 bits per heavy atom.